The number of esters is 2. The van der Waals surface area contributed by atoms with Gasteiger partial charge in [-0.15, -0.1) is 0 Å². The number of nitrogens with zero attached hydrogens (tertiary/aromatic N) is 2. The second-order valence-corrected chi connectivity index (χ2v) is 13.7. The molecule has 9 nitrogen and oxygen atoms in total. The molecule has 4 aromatic carbocycles. The van der Waals surface area contributed by atoms with Crippen molar-refractivity contribution in [2.24, 2.45) is 14.1 Å². The van der Waals surface area contributed by atoms with Gasteiger partial charge in [-0.3, -0.25) is 9.59 Å². The molecule has 0 unspecified atom stereocenters. The van der Waals surface area contributed by atoms with Crippen molar-refractivity contribution in [1.29, 1.82) is 0 Å². The second-order valence-electron chi connectivity index (χ2n) is 13.3. The molecule has 6 aromatic rings. The Morgan fingerprint density at radius 3 is 1.60 bits per heavy atom. The summed E-state index contributed by atoms with van der Waals surface area (Å²) in [4.78, 5) is 52.6. The fourth-order valence-corrected chi connectivity index (χ4v) is 6.97. The molecular weight excluding hydrogens is 699 g/mol. The number of benzene rings is 4. The van der Waals surface area contributed by atoms with Gasteiger partial charge in [0.05, 0.1) is 11.0 Å². The van der Waals surface area contributed by atoms with E-state index in [1.54, 1.807) is 55.9 Å². The Bertz CT molecular complexity index is 2560. The third kappa shape index (κ3) is 7.73. The van der Waals surface area contributed by atoms with E-state index in [1.807, 2.05) is 51.1 Å². The van der Waals surface area contributed by atoms with Crippen LogP contribution < -0.4 is 20.6 Å². The first-order valence-corrected chi connectivity index (χ1v) is 17.3. The van der Waals surface area contributed by atoms with Crippen LogP contribution in [0.2, 0.25) is 5.02 Å². The summed E-state index contributed by atoms with van der Waals surface area (Å²) in [5, 5.41) is 1.85. The van der Waals surface area contributed by atoms with Gasteiger partial charge in [-0.25, -0.2) is 14.0 Å². The van der Waals surface area contributed by atoms with Crippen molar-refractivity contribution in [2.45, 2.75) is 40.5 Å². The molecule has 53 heavy (non-hydrogen) atoms. The van der Waals surface area contributed by atoms with Crippen LogP contribution in [0, 0.1) is 33.5 Å². The lowest BCUT2D eigenvalue weighted by Gasteiger charge is -2.18. The quantitative estimate of drug-likeness (QED) is 0.109. The van der Waals surface area contributed by atoms with Gasteiger partial charge in [0.1, 0.15) is 17.3 Å². The number of hydrogen-bond acceptors (Lipinski definition) is 7. The lowest BCUT2D eigenvalue weighted by Crippen LogP contribution is -2.25. The summed E-state index contributed by atoms with van der Waals surface area (Å²) in [6.07, 6.45) is 0.619. The Balaban J connectivity index is 1.19. The minimum atomic E-state index is -0.932. The van der Waals surface area contributed by atoms with Crippen LogP contribution in [0.25, 0.3) is 21.8 Å². The van der Waals surface area contributed by atoms with E-state index >= 15 is 0 Å². The number of hydrogen-bond donors (Lipinski definition) is 0. The average molecular weight is 737 g/mol. The first-order chi connectivity index (χ1) is 25.2. The summed E-state index contributed by atoms with van der Waals surface area (Å²) >= 11 is 6.20. The zero-order chi connectivity index (χ0) is 38.1. The first kappa shape index (κ1) is 37.0. The fraction of sp³-hybridized carbons (Fsp3) is 0.238. The molecule has 2 heterocycles. The highest BCUT2D eigenvalue weighted by molar-refractivity contribution is 6.30. The standard InChI is InChI=1S/C42H38ClFN2O7/c1-23-14-33-39(25(3)31(41(49)45(33)5)19-27-10-12-30(44)13-11-27)35(16-23)51-21-37(47)53-38(48)22-52-36-17-24(2)15-34-40(36)26(4)32(42(50)46(34)6)20-28-8-7-9-29(43)18-28/h7-18H,19-22H2,1-6H3. The highest BCUT2D eigenvalue weighted by Crippen LogP contribution is 2.33. The maximum absolute atomic E-state index is 13.5. The van der Waals surface area contributed by atoms with Crippen molar-refractivity contribution in [1.82, 2.24) is 9.13 Å². The summed E-state index contributed by atoms with van der Waals surface area (Å²) in [5.74, 6) is -1.52. The summed E-state index contributed by atoms with van der Waals surface area (Å²) in [6.45, 7) is 6.18. The molecule has 2 aromatic heterocycles. The first-order valence-electron chi connectivity index (χ1n) is 17.0. The molecule has 0 N–H and O–H groups in total. The Kier molecular flexibility index (Phi) is 10.5. The number of halogens is 2. The number of aryl methyl sites for hydroxylation is 6. The molecule has 11 heteroatoms. The third-order valence-electron chi connectivity index (χ3n) is 9.44. The zero-order valence-corrected chi connectivity index (χ0v) is 31.0. The van der Waals surface area contributed by atoms with Gasteiger partial charge in [0.25, 0.3) is 11.1 Å². The van der Waals surface area contributed by atoms with E-state index < -0.39 is 25.2 Å². The molecule has 6 rings (SSSR count). The van der Waals surface area contributed by atoms with Crippen molar-refractivity contribution in [2.75, 3.05) is 13.2 Å². The van der Waals surface area contributed by atoms with Crippen molar-refractivity contribution < 1.29 is 28.2 Å². The Hall–Kier alpha value is -5.74. The largest absolute Gasteiger partial charge is 0.481 e. The molecule has 272 valence electrons. The van der Waals surface area contributed by atoms with Gasteiger partial charge in [0.2, 0.25) is 0 Å². The van der Waals surface area contributed by atoms with E-state index in [-0.39, 0.29) is 23.4 Å². The van der Waals surface area contributed by atoms with Crippen LogP contribution in [0.5, 0.6) is 11.5 Å². The van der Waals surface area contributed by atoms with Crippen molar-refractivity contribution >= 4 is 45.3 Å². The van der Waals surface area contributed by atoms with Crippen molar-refractivity contribution in [3.8, 4) is 11.5 Å². The van der Waals surface area contributed by atoms with E-state index in [9.17, 15) is 23.6 Å². The van der Waals surface area contributed by atoms with Crippen LogP contribution in [-0.2, 0) is 41.3 Å². The fourth-order valence-electron chi connectivity index (χ4n) is 6.76. The maximum atomic E-state index is 13.5. The van der Waals surface area contributed by atoms with Gasteiger partial charge in [0, 0.05) is 53.9 Å². The smallest absolute Gasteiger partial charge is 0.351 e. The maximum Gasteiger partial charge on any atom is 0.351 e. The number of rotatable bonds is 10. The van der Waals surface area contributed by atoms with Crippen LogP contribution in [-0.4, -0.2) is 34.3 Å². The highest BCUT2D eigenvalue weighted by Gasteiger charge is 2.21. The number of pyridine rings is 2. The SMILES string of the molecule is Cc1cc(OCC(=O)OC(=O)COc2cc(C)cc3c2c(C)c(Cc2cccc(Cl)c2)c(=O)n3C)c2c(C)c(Cc3ccc(F)cc3)c(=O)n(C)c2c1. The zero-order valence-electron chi connectivity index (χ0n) is 30.3. The van der Waals surface area contributed by atoms with Gasteiger partial charge < -0.3 is 23.3 Å². The number of aromatic nitrogens is 2. The normalized spacial score (nSPS) is 11.2. The van der Waals surface area contributed by atoms with Crippen molar-refractivity contribution in [3.05, 3.63) is 149 Å². The number of ether oxygens (including phenoxy) is 3. The molecule has 0 spiro atoms. The molecule has 0 aliphatic carbocycles. The Morgan fingerprint density at radius 1 is 0.660 bits per heavy atom. The molecule has 0 bridgehead atoms. The third-order valence-corrected chi connectivity index (χ3v) is 9.67. The molecule has 0 saturated carbocycles. The highest BCUT2D eigenvalue weighted by atomic mass is 35.5. The van der Waals surface area contributed by atoms with Gasteiger partial charge in [0.15, 0.2) is 13.2 Å². The lowest BCUT2D eigenvalue weighted by molar-refractivity contribution is -0.162. The lowest BCUT2D eigenvalue weighted by atomic mass is 9.97. The summed E-state index contributed by atoms with van der Waals surface area (Å²) in [7, 11) is 3.35. The second kappa shape index (κ2) is 15.1. The summed E-state index contributed by atoms with van der Waals surface area (Å²) in [5.41, 5.74) is 6.56. The molecule has 0 radical (unpaired) electrons. The van der Waals surface area contributed by atoms with E-state index in [0.717, 1.165) is 22.3 Å². The predicted octanol–water partition coefficient (Wildman–Crippen LogP) is 7.13. The number of carbonyl (C=O) groups excluding carboxylic acids is 2. The Morgan fingerprint density at radius 2 is 1.13 bits per heavy atom. The molecule has 0 aliphatic rings. The van der Waals surface area contributed by atoms with E-state index in [1.165, 1.54) is 16.7 Å². The molecule has 0 aliphatic heterocycles. The van der Waals surface area contributed by atoms with Crippen molar-refractivity contribution in [3.63, 3.8) is 0 Å². The number of fused-ring (bicyclic) bond motifs is 2. The predicted molar refractivity (Wildman–Crippen MR) is 203 cm³/mol. The van der Waals surface area contributed by atoms with Crippen LogP contribution in [0.1, 0.15) is 44.5 Å². The van der Waals surface area contributed by atoms with Gasteiger partial charge in [-0.1, -0.05) is 35.9 Å². The van der Waals surface area contributed by atoms with E-state index in [0.29, 0.717) is 67.0 Å². The van der Waals surface area contributed by atoms with Crippen LogP contribution in [0.4, 0.5) is 4.39 Å². The minimum Gasteiger partial charge on any atom is -0.481 e. The molecular formula is C42H38ClFN2O7. The minimum absolute atomic E-state index is 0.153. The van der Waals surface area contributed by atoms with Crippen LogP contribution in [0.15, 0.2) is 82.4 Å². The monoisotopic (exact) mass is 736 g/mol. The van der Waals surface area contributed by atoms with Gasteiger partial charge in [-0.2, -0.15) is 0 Å². The summed E-state index contributed by atoms with van der Waals surface area (Å²) in [6, 6.07) is 20.5. The van der Waals surface area contributed by atoms with Crippen LogP contribution >= 0.6 is 11.6 Å². The van der Waals surface area contributed by atoms with E-state index in [4.69, 9.17) is 25.8 Å². The van der Waals surface area contributed by atoms with Gasteiger partial charge in [-0.05, 0) is 110 Å². The number of carbonyl (C=O) groups is 2. The summed E-state index contributed by atoms with van der Waals surface area (Å²) < 4.78 is 33.6. The molecule has 0 fully saturated rings. The Labute approximate surface area is 310 Å². The molecule has 0 saturated heterocycles. The molecule has 0 atom stereocenters. The van der Waals surface area contributed by atoms with Crippen LogP contribution in [0.3, 0.4) is 0 Å². The molecule has 0 amide bonds. The van der Waals surface area contributed by atoms with E-state index in [2.05, 4.69) is 0 Å². The topological polar surface area (TPSA) is 106 Å². The average Bonchev–Trinajstić information content (AvgIpc) is 3.11. The van der Waals surface area contributed by atoms with Gasteiger partial charge >= 0.3 is 11.9 Å².